The van der Waals surface area contributed by atoms with Crippen LogP contribution in [-0.4, -0.2) is 82.7 Å². The first-order chi connectivity index (χ1) is 19.3. The maximum atomic E-state index is 13.7. The summed E-state index contributed by atoms with van der Waals surface area (Å²) in [5.74, 6) is 2.15. The number of nitrogens with one attached hydrogen (secondary N) is 1. The van der Waals surface area contributed by atoms with Gasteiger partial charge in [-0.3, -0.25) is 9.59 Å². The van der Waals surface area contributed by atoms with Gasteiger partial charge in [0.1, 0.15) is 12.2 Å². The minimum atomic E-state index is -0.681. The van der Waals surface area contributed by atoms with Crippen molar-refractivity contribution in [2.24, 2.45) is 5.92 Å². The van der Waals surface area contributed by atoms with Gasteiger partial charge in [0.25, 0.3) is 0 Å². The molecular formula is C31H39N5O4. The third-order valence-corrected chi connectivity index (χ3v) is 7.61. The van der Waals surface area contributed by atoms with Gasteiger partial charge in [0.05, 0.1) is 32.8 Å². The largest absolute Gasteiger partial charge is 0.375 e. The van der Waals surface area contributed by atoms with Gasteiger partial charge in [-0.1, -0.05) is 86.3 Å². The molecule has 9 heteroatoms. The number of hydrogen-bond acceptors (Lipinski definition) is 5. The van der Waals surface area contributed by atoms with Gasteiger partial charge in [-0.25, -0.2) is 9.80 Å². The van der Waals surface area contributed by atoms with E-state index in [-0.39, 0.29) is 43.4 Å². The summed E-state index contributed by atoms with van der Waals surface area (Å²) in [7, 11) is 0. The molecule has 4 rings (SSSR count). The molecule has 2 aromatic carbocycles. The number of benzene rings is 2. The molecule has 4 amide bonds. The first-order valence-corrected chi connectivity index (χ1v) is 13.9. The monoisotopic (exact) mass is 545 g/mol. The van der Waals surface area contributed by atoms with Crippen LogP contribution in [0.2, 0.25) is 0 Å². The molecule has 0 spiro atoms. The summed E-state index contributed by atoms with van der Waals surface area (Å²) in [4.78, 5) is 44.1. The van der Waals surface area contributed by atoms with E-state index in [1.165, 1.54) is 10.6 Å². The third kappa shape index (κ3) is 6.64. The predicted molar refractivity (Wildman–Crippen MR) is 152 cm³/mol. The molecule has 212 valence electrons. The zero-order valence-corrected chi connectivity index (χ0v) is 23.6. The van der Waals surface area contributed by atoms with Crippen LogP contribution >= 0.6 is 0 Å². The normalized spacial score (nSPS) is 20.2. The fourth-order valence-electron chi connectivity index (χ4n) is 5.23. The molecule has 0 saturated carbocycles. The third-order valence-electron chi connectivity index (χ3n) is 7.61. The standard InChI is InChI=1S/C31H39N5O4/c1-5-16-34-21-28(37)35-27(36(34)31(39)32-19-25-10-8-7-9-11-25)20-33(30(38)29(35)24(4)6-2)17-18-40-22-26-14-12-23(3)13-15-26/h1,7-15,24,27,29H,6,16-22H2,2-4H3,(H,32,39)/t24?,27-,29-/m0/s1. The molecule has 0 aliphatic carbocycles. The summed E-state index contributed by atoms with van der Waals surface area (Å²) in [6.45, 7) is 7.65. The van der Waals surface area contributed by atoms with Crippen LogP contribution in [0.4, 0.5) is 4.79 Å². The molecule has 1 unspecified atom stereocenters. The van der Waals surface area contributed by atoms with Crippen molar-refractivity contribution in [3.05, 3.63) is 71.3 Å². The summed E-state index contributed by atoms with van der Waals surface area (Å²) in [5, 5.41) is 6.10. The lowest BCUT2D eigenvalue weighted by Gasteiger charge is -2.55. The van der Waals surface area contributed by atoms with Crippen molar-refractivity contribution in [2.75, 3.05) is 32.8 Å². The first kappa shape index (κ1) is 29.1. The number of hydrogen-bond donors (Lipinski definition) is 1. The molecule has 2 fully saturated rings. The maximum Gasteiger partial charge on any atom is 0.334 e. The van der Waals surface area contributed by atoms with Crippen molar-refractivity contribution in [1.29, 1.82) is 0 Å². The molecule has 2 saturated heterocycles. The second-order valence-corrected chi connectivity index (χ2v) is 10.5. The Bertz CT molecular complexity index is 1210. The van der Waals surface area contributed by atoms with Gasteiger partial charge in [-0.2, -0.15) is 5.01 Å². The number of terminal acetylenes is 1. The molecule has 3 atom stereocenters. The van der Waals surface area contributed by atoms with Crippen LogP contribution in [0.15, 0.2) is 54.6 Å². The van der Waals surface area contributed by atoms with Gasteiger partial charge in [-0.05, 0) is 24.0 Å². The van der Waals surface area contributed by atoms with Gasteiger partial charge < -0.3 is 19.9 Å². The Hall–Kier alpha value is -3.87. The topological polar surface area (TPSA) is 85.4 Å². The van der Waals surface area contributed by atoms with E-state index < -0.39 is 12.2 Å². The van der Waals surface area contributed by atoms with E-state index in [2.05, 4.69) is 11.2 Å². The zero-order chi connectivity index (χ0) is 28.6. The Morgan fingerprint density at radius 3 is 2.52 bits per heavy atom. The summed E-state index contributed by atoms with van der Waals surface area (Å²) in [6.07, 6.45) is 5.65. The molecule has 1 N–H and O–H groups in total. The highest BCUT2D eigenvalue weighted by Crippen LogP contribution is 2.30. The number of rotatable bonds is 10. The Kier molecular flexibility index (Phi) is 9.80. The average Bonchev–Trinajstić information content (AvgIpc) is 2.96. The van der Waals surface area contributed by atoms with Crippen molar-refractivity contribution < 1.29 is 19.1 Å². The van der Waals surface area contributed by atoms with Gasteiger partial charge in [0, 0.05) is 13.1 Å². The zero-order valence-electron chi connectivity index (χ0n) is 23.6. The molecule has 2 aliphatic heterocycles. The smallest absolute Gasteiger partial charge is 0.334 e. The summed E-state index contributed by atoms with van der Waals surface area (Å²) in [6, 6.07) is 16.7. The van der Waals surface area contributed by atoms with Crippen molar-refractivity contribution in [1.82, 2.24) is 25.1 Å². The average molecular weight is 546 g/mol. The molecule has 9 nitrogen and oxygen atoms in total. The lowest BCUT2D eigenvalue weighted by atomic mass is 9.92. The highest BCUT2D eigenvalue weighted by molar-refractivity contribution is 5.91. The molecule has 0 bridgehead atoms. The van der Waals surface area contributed by atoms with Crippen LogP contribution in [0, 0.1) is 25.2 Å². The van der Waals surface area contributed by atoms with E-state index in [4.69, 9.17) is 11.2 Å². The summed E-state index contributed by atoms with van der Waals surface area (Å²) < 4.78 is 5.91. The predicted octanol–water partition coefficient (Wildman–Crippen LogP) is 3.00. The van der Waals surface area contributed by atoms with Crippen LogP contribution < -0.4 is 5.32 Å². The van der Waals surface area contributed by atoms with E-state index >= 15 is 0 Å². The number of urea groups is 1. The van der Waals surface area contributed by atoms with Gasteiger partial charge in [0.2, 0.25) is 11.8 Å². The minimum Gasteiger partial charge on any atom is -0.375 e. The lowest BCUT2D eigenvalue weighted by Crippen LogP contribution is -2.77. The minimum absolute atomic E-state index is 0.0701. The van der Waals surface area contributed by atoms with Crippen LogP contribution in [0.3, 0.4) is 0 Å². The fraction of sp³-hybridized carbons (Fsp3) is 0.452. The van der Waals surface area contributed by atoms with Crippen LogP contribution in [0.1, 0.15) is 37.0 Å². The number of piperazine rings is 1. The van der Waals surface area contributed by atoms with Gasteiger partial charge >= 0.3 is 6.03 Å². The molecule has 2 aromatic rings. The summed E-state index contributed by atoms with van der Waals surface area (Å²) >= 11 is 0. The van der Waals surface area contributed by atoms with E-state index in [1.807, 2.05) is 75.4 Å². The van der Waals surface area contributed by atoms with E-state index in [1.54, 1.807) is 14.8 Å². The molecule has 40 heavy (non-hydrogen) atoms. The molecule has 2 heterocycles. The van der Waals surface area contributed by atoms with Crippen molar-refractivity contribution in [3.63, 3.8) is 0 Å². The molecule has 0 aromatic heterocycles. The van der Waals surface area contributed by atoms with E-state index in [9.17, 15) is 14.4 Å². The number of ether oxygens (including phenoxy) is 1. The molecule has 0 radical (unpaired) electrons. The Labute approximate surface area is 237 Å². The quantitative estimate of drug-likeness (QED) is 0.367. The highest BCUT2D eigenvalue weighted by Gasteiger charge is 2.52. The number of carbonyl (C=O) groups excluding carboxylic acids is 3. The van der Waals surface area contributed by atoms with Crippen LogP contribution in [0.5, 0.6) is 0 Å². The van der Waals surface area contributed by atoms with Crippen molar-refractivity contribution in [3.8, 4) is 12.3 Å². The van der Waals surface area contributed by atoms with Gasteiger partial charge in [-0.15, -0.1) is 6.42 Å². The van der Waals surface area contributed by atoms with Gasteiger partial charge in [0.15, 0.2) is 0 Å². The van der Waals surface area contributed by atoms with Crippen molar-refractivity contribution in [2.45, 2.75) is 52.6 Å². The number of nitrogens with zero attached hydrogens (tertiary/aromatic N) is 4. The van der Waals surface area contributed by atoms with Crippen LogP contribution in [-0.2, 0) is 27.5 Å². The number of aryl methyl sites for hydroxylation is 1. The summed E-state index contributed by atoms with van der Waals surface area (Å²) in [5.41, 5.74) is 3.19. The maximum absolute atomic E-state index is 13.7. The Morgan fingerprint density at radius 1 is 1.12 bits per heavy atom. The Balaban J connectivity index is 1.53. The van der Waals surface area contributed by atoms with Crippen LogP contribution in [0.25, 0.3) is 0 Å². The lowest BCUT2D eigenvalue weighted by molar-refractivity contribution is -0.192. The number of fused-ring (bicyclic) bond motifs is 1. The number of amides is 4. The number of hydrazine groups is 1. The fourth-order valence-corrected chi connectivity index (χ4v) is 5.23. The second kappa shape index (κ2) is 13.5. The van der Waals surface area contributed by atoms with Crippen molar-refractivity contribution >= 4 is 17.8 Å². The number of carbonyl (C=O) groups is 3. The molecule has 2 aliphatic rings. The highest BCUT2D eigenvalue weighted by atomic mass is 16.5. The molecular weight excluding hydrogens is 506 g/mol. The van der Waals surface area contributed by atoms with E-state index in [0.717, 1.165) is 11.1 Å². The van der Waals surface area contributed by atoms with E-state index in [0.29, 0.717) is 32.7 Å². The SMILES string of the molecule is C#CCN1CC(=O)N2[C@@H](C(C)CC)C(=O)N(CCOCc3ccc(C)cc3)C[C@@H]2N1C(=O)NCc1ccccc1. The Morgan fingerprint density at radius 2 is 1.85 bits per heavy atom. The first-order valence-electron chi connectivity index (χ1n) is 13.9. The second-order valence-electron chi connectivity index (χ2n) is 10.5.